The molecule has 4 heterocycles. The number of para-hydroxylation sites is 1. The van der Waals surface area contributed by atoms with Gasteiger partial charge in [0.1, 0.15) is 5.01 Å². The predicted octanol–water partition coefficient (Wildman–Crippen LogP) is 5.36. The van der Waals surface area contributed by atoms with Crippen LogP contribution in [0.4, 0.5) is 0 Å². The fourth-order valence-corrected chi connectivity index (χ4v) is 4.84. The number of pyridine rings is 2. The van der Waals surface area contributed by atoms with Crippen LogP contribution in [0.1, 0.15) is 5.01 Å². The average molecular weight is 387 g/mol. The summed E-state index contributed by atoms with van der Waals surface area (Å²) < 4.78 is 3.74. The molecule has 5 rings (SSSR count). The minimum absolute atomic E-state index is 0.0297. The summed E-state index contributed by atoms with van der Waals surface area (Å²) in [6, 6.07) is 13.9. The lowest BCUT2D eigenvalue weighted by atomic mass is 10.1. The third-order valence-electron chi connectivity index (χ3n) is 4.33. The SMILES string of the molecule is O=c1c2c(-c3ccncc3)csc2ccn1C=Cc1nc2ccccc2s1. The van der Waals surface area contributed by atoms with Crippen LogP contribution in [-0.4, -0.2) is 14.5 Å². The Hall–Kier alpha value is -3.09. The molecule has 0 amide bonds. The van der Waals surface area contributed by atoms with E-state index in [0.29, 0.717) is 0 Å². The van der Waals surface area contributed by atoms with Crippen LogP contribution in [0, 0.1) is 0 Å². The highest BCUT2D eigenvalue weighted by molar-refractivity contribution is 7.19. The molecule has 0 spiro atoms. The molecule has 0 saturated heterocycles. The van der Waals surface area contributed by atoms with Gasteiger partial charge in [0.25, 0.3) is 5.56 Å². The summed E-state index contributed by atoms with van der Waals surface area (Å²) in [6.45, 7) is 0. The van der Waals surface area contributed by atoms with Crippen LogP contribution >= 0.6 is 22.7 Å². The molecule has 27 heavy (non-hydrogen) atoms. The number of benzene rings is 1. The van der Waals surface area contributed by atoms with Gasteiger partial charge in [-0.2, -0.15) is 0 Å². The van der Waals surface area contributed by atoms with Gasteiger partial charge in [-0.1, -0.05) is 12.1 Å². The molecule has 1 aromatic carbocycles. The van der Waals surface area contributed by atoms with Gasteiger partial charge in [0, 0.05) is 40.4 Å². The highest BCUT2D eigenvalue weighted by Crippen LogP contribution is 2.31. The molecule has 0 aliphatic carbocycles. The van der Waals surface area contributed by atoms with Crippen LogP contribution in [0.25, 0.3) is 43.7 Å². The molecule has 0 unspecified atom stereocenters. The summed E-state index contributed by atoms with van der Waals surface area (Å²) in [5.74, 6) is 0. The van der Waals surface area contributed by atoms with Crippen molar-refractivity contribution >= 4 is 55.3 Å². The molecule has 0 fully saturated rings. The molecule has 0 bridgehead atoms. The number of thiophene rings is 1. The molecule has 0 aliphatic rings. The molecule has 0 atom stereocenters. The lowest BCUT2D eigenvalue weighted by molar-refractivity contribution is 1.09. The topological polar surface area (TPSA) is 47.8 Å². The number of hydrogen-bond acceptors (Lipinski definition) is 5. The third kappa shape index (κ3) is 2.89. The van der Waals surface area contributed by atoms with Crippen molar-refractivity contribution < 1.29 is 0 Å². The first-order valence-corrected chi connectivity index (χ1v) is 10.1. The zero-order chi connectivity index (χ0) is 18.2. The molecular weight excluding hydrogens is 374 g/mol. The lowest BCUT2D eigenvalue weighted by Crippen LogP contribution is -2.14. The zero-order valence-electron chi connectivity index (χ0n) is 14.1. The van der Waals surface area contributed by atoms with E-state index in [1.165, 1.54) is 0 Å². The van der Waals surface area contributed by atoms with E-state index < -0.39 is 0 Å². The summed E-state index contributed by atoms with van der Waals surface area (Å²) in [4.78, 5) is 21.7. The summed E-state index contributed by atoms with van der Waals surface area (Å²) in [5.41, 5.74) is 2.90. The van der Waals surface area contributed by atoms with Crippen molar-refractivity contribution in [1.29, 1.82) is 0 Å². The van der Waals surface area contributed by atoms with Gasteiger partial charge >= 0.3 is 0 Å². The largest absolute Gasteiger partial charge is 0.290 e. The van der Waals surface area contributed by atoms with E-state index >= 15 is 0 Å². The second-order valence-corrected chi connectivity index (χ2v) is 7.96. The van der Waals surface area contributed by atoms with E-state index in [1.54, 1.807) is 52.0 Å². The Morgan fingerprint density at radius 2 is 1.85 bits per heavy atom. The van der Waals surface area contributed by atoms with Crippen molar-refractivity contribution in [2.45, 2.75) is 0 Å². The fraction of sp³-hybridized carbons (Fsp3) is 0. The smallest absolute Gasteiger partial charge is 0.263 e. The maximum absolute atomic E-state index is 13.1. The van der Waals surface area contributed by atoms with Gasteiger partial charge in [0.2, 0.25) is 0 Å². The fourth-order valence-electron chi connectivity index (χ4n) is 3.03. The molecule has 6 heteroatoms. The van der Waals surface area contributed by atoms with Crippen LogP contribution in [0.3, 0.4) is 0 Å². The number of hydrogen-bond donors (Lipinski definition) is 0. The van der Waals surface area contributed by atoms with Crippen molar-refractivity contribution in [3.05, 3.63) is 81.8 Å². The van der Waals surface area contributed by atoms with Crippen LogP contribution in [0.2, 0.25) is 0 Å². The summed E-state index contributed by atoms with van der Waals surface area (Å²) in [7, 11) is 0. The number of thiazole rings is 1. The Labute approximate surface area is 162 Å². The number of aromatic nitrogens is 3. The Morgan fingerprint density at radius 1 is 1.00 bits per heavy atom. The minimum atomic E-state index is -0.0297. The average Bonchev–Trinajstić information content (AvgIpc) is 3.32. The quantitative estimate of drug-likeness (QED) is 0.418. The van der Waals surface area contributed by atoms with Crippen molar-refractivity contribution in [3.63, 3.8) is 0 Å². The van der Waals surface area contributed by atoms with Crippen molar-refractivity contribution in [1.82, 2.24) is 14.5 Å². The maximum Gasteiger partial charge on any atom is 0.263 e. The van der Waals surface area contributed by atoms with Crippen molar-refractivity contribution in [2.75, 3.05) is 0 Å². The summed E-state index contributed by atoms with van der Waals surface area (Å²) >= 11 is 3.19. The molecule has 0 saturated carbocycles. The molecule has 0 radical (unpaired) electrons. The molecule has 0 N–H and O–H groups in total. The van der Waals surface area contributed by atoms with E-state index in [9.17, 15) is 4.79 Å². The lowest BCUT2D eigenvalue weighted by Gasteiger charge is -2.02. The first kappa shape index (κ1) is 16.1. The molecule has 0 aliphatic heterocycles. The van der Waals surface area contributed by atoms with Gasteiger partial charge in [-0.25, -0.2) is 4.98 Å². The van der Waals surface area contributed by atoms with Crippen molar-refractivity contribution in [2.24, 2.45) is 0 Å². The monoisotopic (exact) mass is 387 g/mol. The molecular formula is C21H13N3OS2. The van der Waals surface area contributed by atoms with Crippen LogP contribution in [0.5, 0.6) is 0 Å². The molecule has 4 aromatic heterocycles. The molecule has 130 valence electrons. The van der Waals surface area contributed by atoms with E-state index in [-0.39, 0.29) is 5.56 Å². The van der Waals surface area contributed by atoms with Gasteiger partial charge in [0.15, 0.2) is 0 Å². The van der Waals surface area contributed by atoms with Gasteiger partial charge in [-0.15, -0.1) is 22.7 Å². The van der Waals surface area contributed by atoms with E-state index in [1.807, 2.05) is 47.9 Å². The Morgan fingerprint density at radius 3 is 2.70 bits per heavy atom. The van der Waals surface area contributed by atoms with Crippen LogP contribution in [0.15, 0.2) is 71.2 Å². The van der Waals surface area contributed by atoms with Gasteiger partial charge in [0.05, 0.1) is 15.6 Å². The van der Waals surface area contributed by atoms with Crippen LogP contribution in [-0.2, 0) is 0 Å². The Balaban J connectivity index is 1.59. The number of rotatable bonds is 3. The first-order chi connectivity index (χ1) is 13.3. The van der Waals surface area contributed by atoms with Gasteiger partial charge in [-0.3, -0.25) is 14.3 Å². The van der Waals surface area contributed by atoms with E-state index in [2.05, 4.69) is 16.0 Å². The van der Waals surface area contributed by atoms with E-state index in [4.69, 9.17) is 0 Å². The number of fused-ring (bicyclic) bond motifs is 2. The Bertz CT molecular complexity index is 1310. The van der Waals surface area contributed by atoms with E-state index in [0.717, 1.165) is 36.4 Å². The van der Waals surface area contributed by atoms with Crippen LogP contribution < -0.4 is 5.56 Å². The molecule has 5 aromatic rings. The van der Waals surface area contributed by atoms with Gasteiger partial charge < -0.3 is 0 Å². The summed E-state index contributed by atoms with van der Waals surface area (Å²) in [5, 5.41) is 3.65. The standard InChI is InChI=1S/C21H13N3OS2/c25-21-20-15(14-5-9-22-10-6-14)13-26-18(20)7-11-24(21)12-8-19-23-16-3-1-2-4-17(16)27-19/h1-13H. The highest BCUT2D eigenvalue weighted by Gasteiger charge is 2.11. The van der Waals surface area contributed by atoms with Gasteiger partial charge in [-0.05, 0) is 42.0 Å². The molecule has 4 nitrogen and oxygen atoms in total. The third-order valence-corrected chi connectivity index (χ3v) is 6.28. The van der Waals surface area contributed by atoms with Crippen molar-refractivity contribution in [3.8, 4) is 11.1 Å². The normalized spacial score (nSPS) is 11.7. The highest BCUT2D eigenvalue weighted by atomic mass is 32.1. The minimum Gasteiger partial charge on any atom is -0.290 e. The maximum atomic E-state index is 13.1. The summed E-state index contributed by atoms with van der Waals surface area (Å²) in [6.07, 6.45) is 8.96. The predicted molar refractivity (Wildman–Crippen MR) is 114 cm³/mol. The second-order valence-electron chi connectivity index (χ2n) is 5.99. The first-order valence-electron chi connectivity index (χ1n) is 8.36. The Kier molecular flexibility index (Phi) is 3.92. The zero-order valence-corrected chi connectivity index (χ0v) is 15.7. The number of nitrogens with zero attached hydrogens (tertiary/aromatic N) is 3. The second kappa shape index (κ2) is 6.57.